The fourth-order valence-corrected chi connectivity index (χ4v) is 3.78. The number of nitrogens with two attached hydrogens (primary N) is 1. The van der Waals surface area contributed by atoms with Gasteiger partial charge in [0.05, 0.1) is 11.3 Å². The van der Waals surface area contributed by atoms with Crippen molar-refractivity contribution in [2.75, 3.05) is 31.3 Å². The predicted octanol–water partition coefficient (Wildman–Crippen LogP) is 2.19. The Morgan fingerprint density at radius 1 is 1.55 bits per heavy atom. The van der Waals surface area contributed by atoms with E-state index in [0.717, 1.165) is 11.5 Å². The summed E-state index contributed by atoms with van der Waals surface area (Å²) in [7, 11) is 3.55. The lowest BCUT2D eigenvalue weighted by Gasteiger charge is -2.22. The molecule has 0 bridgehead atoms. The monoisotopic (exact) mass is 292 g/mol. The summed E-state index contributed by atoms with van der Waals surface area (Å²) < 4.78 is 0. The van der Waals surface area contributed by atoms with Crippen LogP contribution < -0.4 is 16.0 Å². The summed E-state index contributed by atoms with van der Waals surface area (Å²) in [5, 5.41) is 12.5. The van der Waals surface area contributed by atoms with Crippen molar-refractivity contribution in [3.8, 4) is 6.07 Å². The Labute approximate surface area is 123 Å². The molecule has 1 aromatic heterocycles. The molecule has 1 fully saturated rings. The van der Waals surface area contributed by atoms with Gasteiger partial charge in [-0.2, -0.15) is 5.26 Å². The van der Waals surface area contributed by atoms with E-state index >= 15 is 0 Å². The highest BCUT2D eigenvalue weighted by atomic mass is 32.1. The van der Waals surface area contributed by atoms with Crippen LogP contribution in [0.2, 0.25) is 0 Å². The van der Waals surface area contributed by atoms with E-state index in [9.17, 15) is 4.79 Å². The smallest absolute Gasteiger partial charge is 0.256 e. The van der Waals surface area contributed by atoms with Crippen molar-refractivity contribution in [1.29, 1.82) is 5.26 Å². The molecule has 1 saturated carbocycles. The Morgan fingerprint density at radius 3 is 2.75 bits per heavy atom. The molecule has 108 valence electrons. The lowest BCUT2D eigenvalue weighted by Crippen LogP contribution is -2.27. The molecule has 20 heavy (non-hydrogen) atoms. The van der Waals surface area contributed by atoms with Crippen molar-refractivity contribution in [2.24, 2.45) is 5.92 Å². The number of amides is 1. The van der Waals surface area contributed by atoms with Crippen LogP contribution in [0, 0.1) is 17.2 Å². The maximum absolute atomic E-state index is 12.0. The molecule has 0 spiro atoms. The quantitative estimate of drug-likeness (QED) is 0.891. The molecular weight excluding hydrogens is 272 g/mol. The average Bonchev–Trinajstić information content (AvgIpc) is 3.05. The van der Waals surface area contributed by atoms with E-state index < -0.39 is 0 Å². The van der Waals surface area contributed by atoms with Gasteiger partial charge in [0.2, 0.25) is 0 Å². The molecule has 1 aromatic rings. The van der Waals surface area contributed by atoms with Crippen LogP contribution in [0.15, 0.2) is 0 Å². The van der Waals surface area contributed by atoms with E-state index in [1.165, 1.54) is 37.0 Å². The number of thiophene rings is 1. The highest BCUT2D eigenvalue weighted by molar-refractivity contribution is 7.17. The second-order valence-electron chi connectivity index (χ2n) is 5.25. The van der Waals surface area contributed by atoms with Crippen LogP contribution in [0.4, 0.5) is 10.7 Å². The van der Waals surface area contributed by atoms with Gasteiger partial charge < -0.3 is 16.0 Å². The summed E-state index contributed by atoms with van der Waals surface area (Å²) in [6.45, 7) is 0.912. The normalized spacial score (nSPS) is 15.1. The van der Waals surface area contributed by atoms with E-state index in [4.69, 9.17) is 11.0 Å². The topological polar surface area (TPSA) is 82.2 Å². The molecule has 0 aliphatic heterocycles. The number of nitriles is 1. The fraction of sp³-hybridized carbons (Fsp3) is 0.571. The zero-order valence-electron chi connectivity index (χ0n) is 11.9. The third-order valence-corrected chi connectivity index (χ3v) is 5.06. The van der Waals surface area contributed by atoms with Gasteiger partial charge in [-0.05, 0) is 18.8 Å². The van der Waals surface area contributed by atoms with E-state index in [1.54, 1.807) is 7.05 Å². The molecule has 6 heteroatoms. The van der Waals surface area contributed by atoms with Gasteiger partial charge in [0, 0.05) is 20.6 Å². The van der Waals surface area contributed by atoms with Gasteiger partial charge in [-0.25, -0.2) is 0 Å². The number of nitrogens with one attached hydrogen (secondary N) is 1. The van der Waals surface area contributed by atoms with Crippen LogP contribution in [0.1, 0.15) is 40.9 Å². The molecule has 0 atom stereocenters. The maximum atomic E-state index is 12.0. The lowest BCUT2D eigenvalue weighted by atomic mass is 10.1. The molecule has 5 nitrogen and oxygen atoms in total. The highest BCUT2D eigenvalue weighted by Crippen LogP contribution is 2.38. The van der Waals surface area contributed by atoms with Crippen molar-refractivity contribution >= 4 is 27.9 Å². The molecule has 1 aliphatic rings. The van der Waals surface area contributed by atoms with Crippen molar-refractivity contribution in [1.82, 2.24) is 5.32 Å². The summed E-state index contributed by atoms with van der Waals surface area (Å²) in [5.74, 6) is 0.444. The molecule has 1 amide bonds. The van der Waals surface area contributed by atoms with Gasteiger partial charge in [-0.1, -0.05) is 12.8 Å². The van der Waals surface area contributed by atoms with Crippen LogP contribution in [0.25, 0.3) is 0 Å². The third kappa shape index (κ3) is 2.73. The van der Waals surface area contributed by atoms with Crippen LogP contribution in [0.3, 0.4) is 0 Å². The molecule has 0 aromatic carbocycles. The third-order valence-electron chi connectivity index (χ3n) is 3.84. The Balaban J connectivity index is 2.29. The number of rotatable bonds is 4. The van der Waals surface area contributed by atoms with Gasteiger partial charge in [0.1, 0.15) is 15.9 Å². The van der Waals surface area contributed by atoms with Gasteiger partial charge in [0.25, 0.3) is 5.91 Å². The molecule has 0 unspecified atom stereocenters. The Hall–Kier alpha value is -1.74. The molecule has 1 aliphatic carbocycles. The Bertz CT molecular complexity index is 540. The van der Waals surface area contributed by atoms with Crippen LogP contribution in [0.5, 0.6) is 0 Å². The summed E-state index contributed by atoms with van der Waals surface area (Å²) in [5.41, 5.74) is 6.67. The minimum absolute atomic E-state index is 0.228. The fourth-order valence-electron chi connectivity index (χ4n) is 2.79. The number of hydrogen-bond donors (Lipinski definition) is 2. The second-order valence-corrected chi connectivity index (χ2v) is 6.25. The summed E-state index contributed by atoms with van der Waals surface area (Å²) in [4.78, 5) is 14.5. The van der Waals surface area contributed by atoms with E-state index in [2.05, 4.69) is 16.3 Å². The zero-order valence-corrected chi connectivity index (χ0v) is 12.7. The van der Waals surface area contributed by atoms with E-state index in [0.29, 0.717) is 22.0 Å². The first-order valence-corrected chi connectivity index (χ1v) is 7.65. The largest absolute Gasteiger partial charge is 0.396 e. The van der Waals surface area contributed by atoms with Gasteiger partial charge in [0.15, 0.2) is 0 Å². The molecule has 0 saturated heterocycles. The summed E-state index contributed by atoms with van der Waals surface area (Å²) in [6, 6.07) is 2.07. The Morgan fingerprint density at radius 2 is 2.20 bits per heavy atom. The maximum Gasteiger partial charge on any atom is 0.256 e. The first-order chi connectivity index (χ1) is 9.58. The number of carbonyl (C=O) groups is 1. The number of nitrogen functional groups attached to an aromatic ring is 1. The van der Waals surface area contributed by atoms with E-state index in [1.807, 2.05) is 7.05 Å². The van der Waals surface area contributed by atoms with Crippen LogP contribution in [-0.4, -0.2) is 26.5 Å². The molecular formula is C14H20N4OS. The first-order valence-electron chi connectivity index (χ1n) is 6.84. The lowest BCUT2D eigenvalue weighted by molar-refractivity contribution is 0.0965. The predicted molar refractivity (Wildman–Crippen MR) is 82.1 cm³/mol. The minimum Gasteiger partial charge on any atom is -0.396 e. The number of anilines is 2. The second kappa shape index (κ2) is 6.14. The number of hydrogen-bond acceptors (Lipinski definition) is 5. The first kappa shape index (κ1) is 14.7. The van der Waals surface area contributed by atoms with Gasteiger partial charge in [-0.15, -0.1) is 11.3 Å². The van der Waals surface area contributed by atoms with Crippen molar-refractivity contribution in [2.45, 2.75) is 25.7 Å². The van der Waals surface area contributed by atoms with Gasteiger partial charge >= 0.3 is 0 Å². The van der Waals surface area contributed by atoms with Crippen molar-refractivity contribution < 1.29 is 4.79 Å². The van der Waals surface area contributed by atoms with Crippen molar-refractivity contribution in [3.05, 3.63) is 10.4 Å². The highest BCUT2D eigenvalue weighted by Gasteiger charge is 2.25. The van der Waals surface area contributed by atoms with Crippen LogP contribution in [-0.2, 0) is 0 Å². The molecule has 1 heterocycles. The Kier molecular flexibility index (Phi) is 4.50. The molecule has 3 N–H and O–H groups in total. The van der Waals surface area contributed by atoms with Crippen LogP contribution >= 0.6 is 11.3 Å². The number of nitrogens with zero attached hydrogens (tertiary/aromatic N) is 2. The average molecular weight is 292 g/mol. The van der Waals surface area contributed by atoms with Gasteiger partial charge in [-0.3, -0.25) is 4.79 Å². The van der Waals surface area contributed by atoms with Crippen molar-refractivity contribution in [3.63, 3.8) is 0 Å². The summed E-state index contributed by atoms with van der Waals surface area (Å²) in [6.07, 6.45) is 5.06. The molecule has 0 radical (unpaired) electrons. The minimum atomic E-state index is -0.228. The molecule has 2 rings (SSSR count). The van der Waals surface area contributed by atoms with E-state index in [-0.39, 0.29) is 5.91 Å². The SMILES string of the molecule is CNC(=O)c1c(N(C)CC2CCCC2)sc(C#N)c1N. The zero-order chi connectivity index (χ0) is 14.7. The standard InChI is InChI=1S/C14H20N4OS/c1-17-13(19)11-12(16)10(7-15)20-14(11)18(2)8-9-5-3-4-6-9/h9H,3-6,8,16H2,1-2H3,(H,17,19). The number of carbonyl (C=O) groups excluding carboxylic acids is 1. The summed E-state index contributed by atoms with van der Waals surface area (Å²) >= 11 is 1.30.